The van der Waals surface area contributed by atoms with E-state index in [0.29, 0.717) is 5.92 Å². The van der Waals surface area contributed by atoms with E-state index in [2.05, 4.69) is 37.4 Å². The molecule has 27 heavy (non-hydrogen) atoms. The highest BCUT2D eigenvalue weighted by atomic mass is 16.3. The van der Waals surface area contributed by atoms with E-state index in [9.17, 15) is 4.79 Å². The highest BCUT2D eigenvalue weighted by molar-refractivity contribution is 6.09. The van der Waals surface area contributed by atoms with Gasteiger partial charge in [-0.3, -0.25) is 4.79 Å². The molecular weight excluding hydrogens is 334 g/mol. The maximum absolute atomic E-state index is 12.8. The van der Waals surface area contributed by atoms with Gasteiger partial charge in [0.2, 0.25) is 5.91 Å². The molecule has 0 unspecified atom stereocenters. The maximum Gasteiger partial charge on any atom is 0.228 e. The molecule has 1 heterocycles. The summed E-state index contributed by atoms with van der Waals surface area (Å²) in [6.45, 7) is 4.34. The predicted molar refractivity (Wildman–Crippen MR) is 111 cm³/mol. The van der Waals surface area contributed by atoms with Gasteiger partial charge in [-0.2, -0.15) is 0 Å². The summed E-state index contributed by atoms with van der Waals surface area (Å²) in [5.74, 6) is 0.376. The third-order valence-corrected chi connectivity index (χ3v) is 5.27. The number of anilines is 1. The molecule has 136 valence electrons. The largest absolute Gasteiger partial charge is 0.464 e. The van der Waals surface area contributed by atoms with Crippen LogP contribution in [0.3, 0.4) is 0 Å². The topological polar surface area (TPSA) is 42.2 Å². The zero-order valence-corrected chi connectivity index (χ0v) is 15.7. The first-order valence-electron chi connectivity index (χ1n) is 9.44. The Balaban J connectivity index is 1.64. The summed E-state index contributed by atoms with van der Waals surface area (Å²) >= 11 is 0. The lowest BCUT2D eigenvalue weighted by atomic mass is 9.96. The summed E-state index contributed by atoms with van der Waals surface area (Å²) in [7, 11) is 0. The van der Waals surface area contributed by atoms with E-state index < -0.39 is 0 Å². The number of hydrogen-bond donors (Lipinski definition) is 1. The van der Waals surface area contributed by atoms with Gasteiger partial charge in [-0.1, -0.05) is 62.4 Å². The van der Waals surface area contributed by atoms with Crippen LogP contribution < -0.4 is 5.32 Å². The van der Waals surface area contributed by atoms with Crippen molar-refractivity contribution in [1.82, 2.24) is 0 Å². The van der Waals surface area contributed by atoms with Crippen LogP contribution in [0.1, 0.15) is 37.3 Å². The second-order valence-corrected chi connectivity index (χ2v) is 7.04. The van der Waals surface area contributed by atoms with Crippen molar-refractivity contribution in [2.45, 2.75) is 32.6 Å². The van der Waals surface area contributed by atoms with Crippen molar-refractivity contribution >= 4 is 33.3 Å². The Morgan fingerprint density at radius 1 is 1.04 bits per heavy atom. The SMILES string of the molecule is CC[C@H](C)c1ccccc1NC(=O)Cc1coc2ccc3ccccc3c12. The summed E-state index contributed by atoms with van der Waals surface area (Å²) in [6, 6.07) is 20.3. The van der Waals surface area contributed by atoms with Gasteiger partial charge in [0.05, 0.1) is 12.7 Å². The Kier molecular flexibility index (Phi) is 4.68. The van der Waals surface area contributed by atoms with Crippen LogP contribution in [0.15, 0.2) is 71.3 Å². The van der Waals surface area contributed by atoms with Gasteiger partial charge in [0.1, 0.15) is 5.58 Å². The average molecular weight is 357 g/mol. The van der Waals surface area contributed by atoms with Crippen LogP contribution in [0.5, 0.6) is 0 Å². The lowest BCUT2D eigenvalue weighted by Crippen LogP contribution is -2.16. The third-order valence-electron chi connectivity index (χ3n) is 5.27. The standard InChI is InChI=1S/C24H23NO2/c1-3-16(2)19-9-6-7-11-21(19)25-23(26)14-18-15-27-22-13-12-17-8-4-5-10-20(17)24(18)22/h4-13,15-16H,3,14H2,1-2H3,(H,25,26)/t16-/m0/s1. The molecule has 0 aliphatic rings. The Morgan fingerprint density at radius 2 is 1.81 bits per heavy atom. The van der Waals surface area contributed by atoms with Crippen molar-refractivity contribution in [3.8, 4) is 0 Å². The summed E-state index contributed by atoms with van der Waals surface area (Å²) in [5.41, 5.74) is 3.81. The molecule has 1 N–H and O–H groups in total. The van der Waals surface area contributed by atoms with Crippen molar-refractivity contribution < 1.29 is 9.21 Å². The molecule has 0 fully saturated rings. The number of furan rings is 1. The number of carbonyl (C=O) groups is 1. The summed E-state index contributed by atoms with van der Waals surface area (Å²) in [5, 5.41) is 6.39. The highest BCUT2D eigenvalue weighted by Crippen LogP contribution is 2.31. The second-order valence-electron chi connectivity index (χ2n) is 7.04. The molecule has 4 aromatic rings. The van der Waals surface area contributed by atoms with Gasteiger partial charge >= 0.3 is 0 Å². The summed E-state index contributed by atoms with van der Waals surface area (Å²) in [6.07, 6.45) is 3.03. The van der Waals surface area contributed by atoms with Crippen molar-refractivity contribution in [3.05, 3.63) is 78.1 Å². The first kappa shape index (κ1) is 17.3. The van der Waals surface area contributed by atoms with Gasteiger partial charge in [0.15, 0.2) is 0 Å². The van der Waals surface area contributed by atoms with E-state index in [1.807, 2.05) is 42.5 Å². The van der Waals surface area contributed by atoms with Gasteiger partial charge in [-0.05, 0) is 40.8 Å². The molecule has 0 radical (unpaired) electrons. The van der Waals surface area contributed by atoms with Crippen LogP contribution >= 0.6 is 0 Å². The number of para-hydroxylation sites is 1. The van der Waals surface area contributed by atoms with Crippen LogP contribution in [0, 0.1) is 0 Å². The summed E-state index contributed by atoms with van der Waals surface area (Å²) < 4.78 is 5.71. The van der Waals surface area contributed by atoms with Crippen LogP contribution in [0.4, 0.5) is 5.69 Å². The fourth-order valence-corrected chi connectivity index (χ4v) is 3.63. The smallest absolute Gasteiger partial charge is 0.228 e. The lowest BCUT2D eigenvalue weighted by Gasteiger charge is -2.15. The molecule has 4 rings (SSSR count). The Hall–Kier alpha value is -3.07. The Labute approximate surface area is 159 Å². The maximum atomic E-state index is 12.8. The normalized spacial score (nSPS) is 12.4. The molecule has 3 heteroatoms. The third kappa shape index (κ3) is 3.33. The molecule has 1 amide bonds. The van der Waals surface area contributed by atoms with E-state index in [4.69, 9.17) is 4.42 Å². The molecule has 0 spiro atoms. The van der Waals surface area contributed by atoms with E-state index in [-0.39, 0.29) is 12.3 Å². The van der Waals surface area contributed by atoms with Crippen LogP contribution in [0.2, 0.25) is 0 Å². The molecule has 0 aliphatic carbocycles. The van der Waals surface area contributed by atoms with E-state index in [0.717, 1.165) is 39.4 Å². The predicted octanol–water partition coefficient (Wildman–Crippen LogP) is 6.28. The quantitative estimate of drug-likeness (QED) is 0.457. The van der Waals surface area contributed by atoms with E-state index >= 15 is 0 Å². The van der Waals surface area contributed by atoms with Crippen molar-refractivity contribution in [2.24, 2.45) is 0 Å². The number of rotatable bonds is 5. The molecule has 3 aromatic carbocycles. The minimum atomic E-state index is -0.0265. The molecular formula is C24H23NO2. The van der Waals surface area contributed by atoms with Crippen LogP contribution in [0.25, 0.3) is 21.7 Å². The first-order valence-corrected chi connectivity index (χ1v) is 9.44. The second kappa shape index (κ2) is 7.28. The van der Waals surface area contributed by atoms with Gasteiger partial charge in [-0.25, -0.2) is 0 Å². The van der Waals surface area contributed by atoms with Crippen LogP contribution in [-0.4, -0.2) is 5.91 Å². The number of benzene rings is 3. The van der Waals surface area contributed by atoms with Gasteiger partial charge < -0.3 is 9.73 Å². The molecule has 1 atom stereocenters. The lowest BCUT2D eigenvalue weighted by molar-refractivity contribution is -0.115. The first-order chi connectivity index (χ1) is 13.2. The van der Waals surface area contributed by atoms with Crippen molar-refractivity contribution in [2.75, 3.05) is 5.32 Å². The monoisotopic (exact) mass is 357 g/mol. The van der Waals surface area contributed by atoms with Crippen LogP contribution in [-0.2, 0) is 11.2 Å². The Bertz CT molecular complexity index is 1110. The van der Waals surface area contributed by atoms with E-state index in [1.165, 1.54) is 5.56 Å². The van der Waals surface area contributed by atoms with Crippen molar-refractivity contribution in [1.29, 1.82) is 0 Å². The summed E-state index contributed by atoms with van der Waals surface area (Å²) in [4.78, 5) is 12.8. The fourth-order valence-electron chi connectivity index (χ4n) is 3.63. The van der Waals surface area contributed by atoms with Crippen molar-refractivity contribution in [3.63, 3.8) is 0 Å². The van der Waals surface area contributed by atoms with Gasteiger partial charge in [0, 0.05) is 16.6 Å². The minimum absolute atomic E-state index is 0.0265. The van der Waals surface area contributed by atoms with Gasteiger partial charge in [-0.15, -0.1) is 0 Å². The molecule has 0 saturated heterocycles. The number of nitrogens with one attached hydrogen (secondary N) is 1. The highest BCUT2D eigenvalue weighted by Gasteiger charge is 2.15. The zero-order chi connectivity index (χ0) is 18.8. The molecule has 0 bridgehead atoms. The number of hydrogen-bond acceptors (Lipinski definition) is 2. The molecule has 3 nitrogen and oxygen atoms in total. The Morgan fingerprint density at radius 3 is 2.67 bits per heavy atom. The average Bonchev–Trinajstić information content (AvgIpc) is 3.11. The van der Waals surface area contributed by atoms with E-state index in [1.54, 1.807) is 6.26 Å². The zero-order valence-electron chi connectivity index (χ0n) is 15.7. The molecule has 1 aromatic heterocycles. The molecule has 0 aliphatic heterocycles. The fraction of sp³-hybridized carbons (Fsp3) is 0.208. The number of fused-ring (bicyclic) bond motifs is 3. The number of amides is 1. The molecule has 0 saturated carbocycles. The minimum Gasteiger partial charge on any atom is -0.464 e. The number of carbonyl (C=O) groups excluding carboxylic acids is 1. The van der Waals surface area contributed by atoms with Gasteiger partial charge in [0.25, 0.3) is 0 Å².